The molecule has 2 fully saturated rings. The van der Waals surface area contributed by atoms with E-state index in [9.17, 15) is 27.9 Å². The van der Waals surface area contributed by atoms with Crippen LogP contribution >= 0.6 is 0 Å². The Kier molecular flexibility index (Phi) is 8.34. The molecule has 2 heterocycles. The molecule has 2 aliphatic heterocycles. The number of hydrogen-bond acceptors (Lipinski definition) is 5. The van der Waals surface area contributed by atoms with Gasteiger partial charge in [0.2, 0.25) is 5.91 Å². The maximum atomic E-state index is 13.9. The number of aliphatic hydroxyl groups is 1. The molecule has 222 valence electrons. The minimum absolute atomic E-state index is 0.0106. The van der Waals surface area contributed by atoms with Crippen molar-refractivity contribution >= 4 is 11.8 Å². The molecule has 0 aromatic heterocycles. The van der Waals surface area contributed by atoms with Gasteiger partial charge in [-0.05, 0) is 93.4 Å². The van der Waals surface area contributed by atoms with Crippen LogP contribution in [0.2, 0.25) is 0 Å². The Morgan fingerprint density at radius 3 is 2.54 bits per heavy atom. The van der Waals surface area contributed by atoms with Crippen molar-refractivity contribution in [1.29, 1.82) is 0 Å². The SMILES string of the molecule is CN(C)C(=O)c1cccc(C2CCN([C@@H]3CC[C@](CCO)(C(=O)N4COc5ccc(C(F)(F)F)cc5C4)C3)CC2)c1. The Bertz CT molecular complexity index is 1280. The van der Waals surface area contributed by atoms with Crippen LogP contribution in [0.3, 0.4) is 0 Å². The fraction of sp³-hybridized carbons (Fsp3) is 0.548. The number of carbonyl (C=O) groups excluding carboxylic acids is 2. The lowest BCUT2D eigenvalue weighted by molar-refractivity contribution is -0.148. The van der Waals surface area contributed by atoms with Crippen molar-refractivity contribution in [3.63, 3.8) is 0 Å². The first-order chi connectivity index (χ1) is 19.5. The maximum Gasteiger partial charge on any atom is 0.416 e. The minimum Gasteiger partial charge on any atom is -0.473 e. The second-order valence-corrected chi connectivity index (χ2v) is 11.9. The van der Waals surface area contributed by atoms with Gasteiger partial charge in [0, 0.05) is 37.9 Å². The van der Waals surface area contributed by atoms with Crippen molar-refractivity contribution in [2.24, 2.45) is 5.41 Å². The maximum absolute atomic E-state index is 13.9. The van der Waals surface area contributed by atoms with Crippen LogP contribution in [0.1, 0.15) is 71.5 Å². The predicted molar refractivity (Wildman–Crippen MR) is 147 cm³/mol. The number of aliphatic hydroxyl groups excluding tert-OH is 1. The minimum atomic E-state index is -4.47. The van der Waals surface area contributed by atoms with Crippen molar-refractivity contribution in [2.75, 3.05) is 40.5 Å². The first-order valence-electron chi connectivity index (χ1n) is 14.3. The number of likely N-dealkylation sites (tertiary alicyclic amines) is 1. The third-order valence-electron chi connectivity index (χ3n) is 9.10. The number of rotatable bonds is 6. The first-order valence-corrected chi connectivity index (χ1v) is 14.3. The quantitative estimate of drug-likeness (QED) is 0.533. The molecule has 2 amide bonds. The highest BCUT2D eigenvalue weighted by Crippen LogP contribution is 2.46. The standard InChI is InChI=1S/C31H38F3N3O4/c1-35(2)28(39)23-5-3-4-22(16-23)21-9-13-36(14-10-21)26-8-11-30(18-26,12-15-38)29(40)37-19-24-17-25(31(32,33)34)6-7-27(24)41-20-37/h3-7,16-17,21,26,38H,8-15,18-20H2,1-2H3/t26-,30-/m1/s1. The number of carbonyl (C=O) groups is 2. The summed E-state index contributed by atoms with van der Waals surface area (Å²) in [5, 5.41) is 9.91. The van der Waals surface area contributed by atoms with E-state index >= 15 is 0 Å². The molecule has 1 N–H and O–H groups in total. The first kappa shape index (κ1) is 29.4. The largest absolute Gasteiger partial charge is 0.473 e. The molecule has 7 nitrogen and oxygen atoms in total. The van der Waals surface area contributed by atoms with E-state index in [4.69, 9.17) is 4.74 Å². The van der Waals surface area contributed by atoms with Crippen LogP contribution in [0.15, 0.2) is 42.5 Å². The molecule has 2 aromatic carbocycles. The Morgan fingerprint density at radius 2 is 1.85 bits per heavy atom. The van der Waals surface area contributed by atoms with Crippen LogP contribution < -0.4 is 4.74 Å². The third kappa shape index (κ3) is 6.09. The highest BCUT2D eigenvalue weighted by molar-refractivity contribution is 5.94. The average molecular weight is 574 g/mol. The van der Waals surface area contributed by atoms with Gasteiger partial charge >= 0.3 is 6.18 Å². The van der Waals surface area contributed by atoms with Gasteiger partial charge in [0.25, 0.3) is 5.91 Å². The zero-order chi connectivity index (χ0) is 29.4. The molecule has 0 spiro atoms. The zero-order valence-electron chi connectivity index (χ0n) is 23.6. The molecule has 1 saturated carbocycles. The molecule has 5 rings (SSSR count). The number of nitrogens with zero attached hydrogens (tertiary/aromatic N) is 3. The fourth-order valence-electron chi connectivity index (χ4n) is 6.82. The number of hydrogen-bond donors (Lipinski definition) is 1. The number of ether oxygens (including phenoxy) is 1. The van der Waals surface area contributed by atoms with Gasteiger partial charge in [0.05, 0.1) is 17.5 Å². The molecule has 0 radical (unpaired) electrons. The summed E-state index contributed by atoms with van der Waals surface area (Å²) in [6.45, 7) is 1.66. The highest BCUT2D eigenvalue weighted by atomic mass is 19.4. The molecule has 1 saturated heterocycles. The van der Waals surface area contributed by atoms with Crippen molar-refractivity contribution in [1.82, 2.24) is 14.7 Å². The van der Waals surface area contributed by atoms with E-state index in [0.29, 0.717) is 42.1 Å². The van der Waals surface area contributed by atoms with Crippen molar-refractivity contribution in [2.45, 2.75) is 63.2 Å². The van der Waals surface area contributed by atoms with Gasteiger partial charge in [0.15, 0.2) is 6.73 Å². The van der Waals surface area contributed by atoms with E-state index < -0.39 is 17.2 Å². The van der Waals surface area contributed by atoms with Crippen LogP contribution in [0, 0.1) is 5.41 Å². The molecule has 0 bridgehead atoms. The van der Waals surface area contributed by atoms with Crippen LogP contribution in [-0.2, 0) is 17.5 Å². The number of fused-ring (bicyclic) bond motifs is 1. The number of alkyl halides is 3. The molecule has 10 heteroatoms. The third-order valence-corrected chi connectivity index (χ3v) is 9.10. The number of halogens is 3. The van der Waals surface area contributed by atoms with Crippen molar-refractivity contribution < 1.29 is 32.6 Å². The lowest BCUT2D eigenvalue weighted by Crippen LogP contribution is -2.47. The van der Waals surface area contributed by atoms with E-state index in [1.54, 1.807) is 19.0 Å². The van der Waals surface area contributed by atoms with Crippen LogP contribution in [0.5, 0.6) is 5.75 Å². The van der Waals surface area contributed by atoms with Crippen LogP contribution in [0.4, 0.5) is 13.2 Å². The number of benzene rings is 2. The number of amides is 2. The summed E-state index contributed by atoms with van der Waals surface area (Å²) in [4.78, 5) is 31.8. The van der Waals surface area contributed by atoms with E-state index in [0.717, 1.165) is 44.5 Å². The van der Waals surface area contributed by atoms with E-state index in [1.807, 2.05) is 18.2 Å². The predicted octanol–water partition coefficient (Wildman–Crippen LogP) is 4.89. The smallest absolute Gasteiger partial charge is 0.416 e. The van der Waals surface area contributed by atoms with E-state index in [-0.39, 0.29) is 37.7 Å². The van der Waals surface area contributed by atoms with Gasteiger partial charge in [-0.1, -0.05) is 12.1 Å². The van der Waals surface area contributed by atoms with Gasteiger partial charge in [-0.25, -0.2) is 0 Å². The van der Waals surface area contributed by atoms with E-state index in [1.165, 1.54) is 16.5 Å². The second kappa shape index (κ2) is 11.6. The summed E-state index contributed by atoms with van der Waals surface area (Å²) in [5.74, 6) is 0.554. The van der Waals surface area contributed by atoms with Gasteiger partial charge in [-0.2, -0.15) is 13.2 Å². The van der Waals surface area contributed by atoms with Gasteiger partial charge < -0.3 is 24.5 Å². The lowest BCUT2D eigenvalue weighted by atomic mass is 9.80. The molecular weight excluding hydrogens is 535 g/mol. The summed E-state index contributed by atoms with van der Waals surface area (Å²) in [7, 11) is 3.50. The van der Waals surface area contributed by atoms with E-state index in [2.05, 4.69) is 11.0 Å². The number of piperidine rings is 1. The molecule has 2 aromatic rings. The topological polar surface area (TPSA) is 73.3 Å². The summed E-state index contributed by atoms with van der Waals surface area (Å²) in [6.07, 6.45) is -0.194. The Balaban J connectivity index is 1.23. The van der Waals surface area contributed by atoms with Crippen LogP contribution in [0.25, 0.3) is 0 Å². The van der Waals surface area contributed by atoms with Gasteiger partial charge in [-0.3, -0.25) is 9.59 Å². The summed E-state index contributed by atoms with van der Waals surface area (Å²) < 4.78 is 45.5. The Morgan fingerprint density at radius 1 is 1.10 bits per heavy atom. The monoisotopic (exact) mass is 573 g/mol. The summed E-state index contributed by atoms with van der Waals surface area (Å²) in [6, 6.07) is 11.4. The second-order valence-electron chi connectivity index (χ2n) is 11.9. The average Bonchev–Trinajstić information content (AvgIpc) is 3.40. The molecule has 3 aliphatic rings. The molecule has 0 unspecified atom stereocenters. The molecule has 2 atom stereocenters. The lowest BCUT2D eigenvalue weighted by Gasteiger charge is -2.39. The van der Waals surface area contributed by atoms with Crippen molar-refractivity contribution in [3.8, 4) is 5.75 Å². The zero-order valence-corrected chi connectivity index (χ0v) is 23.6. The molecule has 1 aliphatic carbocycles. The highest BCUT2D eigenvalue weighted by Gasteiger charge is 2.49. The van der Waals surface area contributed by atoms with Crippen molar-refractivity contribution in [3.05, 3.63) is 64.7 Å². The van der Waals surface area contributed by atoms with Crippen LogP contribution in [-0.4, -0.2) is 78.2 Å². The summed E-state index contributed by atoms with van der Waals surface area (Å²) in [5.41, 5.74) is 0.676. The molecular formula is C31H38F3N3O4. The Hall–Kier alpha value is -3.11. The normalized spacial score (nSPS) is 23.7. The van der Waals surface area contributed by atoms with Gasteiger partial charge in [0.1, 0.15) is 5.75 Å². The fourth-order valence-corrected chi connectivity index (χ4v) is 6.82. The molecule has 41 heavy (non-hydrogen) atoms. The van der Waals surface area contributed by atoms with Gasteiger partial charge in [-0.15, -0.1) is 0 Å². The summed E-state index contributed by atoms with van der Waals surface area (Å²) >= 11 is 0. The Labute approximate surface area is 238 Å².